The molecule has 1 aliphatic heterocycles. The molecule has 4 rings (SSSR count). The SMILES string of the molecule is O=C(COc1ccc(I)cc1)N1CCCC(c2nc3ccccc3o2)C1. The fraction of sp³-hybridized carbons (Fsp3) is 0.300. The lowest BCUT2D eigenvalue weighted by atomic mass is 9.98. The van der Waals surface area contributed by atoms with Crippen LogP contribution >= 0.6 is 22.6 Å². The van der Waals surface area contributed by atoms with Crippen LogP contribution in [0.1, 0.15) is 24.7 Å². The Hall–Kier alpha value is -2.09. The van der Waals surface area contributed by atoms with E-state index < -0.39 is 0 Å². The number of amides is 1. The number of para-hydroxylation sites is 2. The molecule has 3 aromatic rings. The van der Waals surface area contributed by atoms with Crippen molar-refractivity contribution in [2.75, 3.05) is 19.7 Å². The van der Waals surface area contributed by atoms with E-state index in [0.717, 1.165) is 39.9 Å². The molecule has 2 heterocycles. The van der Waals surface area contributed by atoms with E-state index in [1.54, 1.807) is 0 Å². The molecule has 0 radical (unpaired) electrons. The predicted octanol–water partition coefficient (Wildman–Crippen LogP) is 4.22. The van der Waals surface area contributed by atoms with Gasteiger partial charge in [0.25, 0.3) is 5.91 Å². The molecule has 1 fully saturated rings. The van der Waals surface area contributed by atoms with Gasteiger partial charge >= 0.3 is 0 Å². The Kier molecular flexibility index (Phi) is 5.10. The number of piperidine rings is 1. The summed E-state index contributed by atoms with van der Waals surface area (Å²) in [6, 6.07) is 15.5. The minimum absolute atomic E-state index is 0.00404. The van der Waals surface area contributed by atoms with Crippen LogP contribution in [0.2, 0.25) is 0 Å². The van der Waals surface area contributed by atoms with Crippen LogP contribution in [0, 0.1) is 3.57 Å². The first-order chi connectivity index (χ1) is 12.7. The van der Waals surface area contributed by atoms with Crippen molar-refractivity contribution in [1.82, 2.24) is 9.88 Å². The summed E-state index contributed by atoms with van der Waals surface area (Å²) in [4.78, 5) is 19.0. The smallest absolute Gasteiger partial charge is 0.260 e. The summed E-state index contributed by atoms with van der Waals surface area (Å²) in [7, 11) is 0. The number of hydrogen-bond donors (Lipinski definition) is 0. The molecule has 1 amide bonds. The van der Waals surface area contributed by atoms with E-state index >= 15 is 0 Å². The third-order valence-electron chi connectivity index (χ3n) is 4.61. The van der Waals surface area contributed by atoms with E-state index in [1.165, 1.54) is 0 Å². The standard InChI is InChI=1S/C20H19IN2O3/c21-15-7-9-16(10-8-15)25-13-19(24)23-11-3-4-14(12-23)20-22-17-5-1-2-6-18(17)26-20/h1-2,5-10,14H,3-4,11-13H2. The van der Waals surface area contributed by atoms with Crippen molar-refractivity contribution >= 4 is 39.6 Å². The number of likely N-dealkylation sites (tertiary alicyclic amines) is 1. The topological polar surface area (TPSA) is 55.6 Å². The monoisotopic (exact) mass is 462 g/mol. The maximum atomic E-state index is 12.5. The van der Waals surface area contributed by atoms with Crippen molar-refractivity contribution < 1.29 is 13.9 Å². The van der Waals surface area contributed by atoms with Gasteiger partial charge in [0.15, 0.2) is 18.1 Å². The number of carbonyl (C=O) groups excluding carboxylic acids is 1. The summed E-state index contributed by atoms with van der Waals surface area (Å²) in [6.45, 7) is 1.44. The lowest BCUT2D eigenvalue weighted by molar-refractivity contribution is -0.134. The normalized spacial score (nSPS) is 17.4. The fourth-order valence-corrected chi connectivity index (χ4v) is 3.60. The first kappa shape index (κ1) is 17.3. The van der Waals surface area contributed by atoms with Crippen LogP contribution in [0.25, 0.3) is 11.1 Å². The highest BCUT2D eigenvalue weighted by Gasteiger charge is 2.28. The Morgan fingerprint density at radius 1 is 1.23 bits per heavy atom. The van der Waals surface area contributed by atoms with Crippen LogP contribution in [0.3, 0.4) is 0 Å². The summed E-state index contributed by atoms with van der Waals surface area (Å²) < 4.78 is 12.7. The van der Waals surface area contributed by atoms with Gasteiger partial charge in [-0.25, -0.2) is 4.98 Å². The largest absolute Gasteiger partial charge is 0.484 e. The van der Waals surface area contributed by atoms with Gasteiger partial charge in [-0.2, -0.15) is 0 Å². The molecule has 0 spiro atoms. The van der Waals surface area contributed by atoms with Crippen LogP contribution in [-0.2, 0) is 4.79 Å². The van der Waals surface area contributed by atoms with Gasteiger partial charge < -0.3 is 14.1 Å². The van der Waals surface area contributed by atoms with Gasteiger partial charge in [0.2, 0.25) is 0 Å². The van der Waals surface area contributed by atoms with Gasteiger partial charge in [0.05, 0.1) is 5.92 Å². The molecule has 6 heteroatoms. The molecule has 1 atom stereocenters. The van der Waals surface area contributed by atoms with E-state index in [4.69, 9.17) is 9.15 Å². The summed E-state index contributed by atoms with van der Waals surface area (Å²) >= 11 is 2.24. The number of rotatable bonds is 4. The lowest BCUT2D eigenvalue weighted by Crippen LogP contribution is -2.41. The van der Waals surface area contributed by atoms with E-state index in [0.29, 0.717) is 12.3 Å². The van der Waals surface area contributed by atoms with E-state index in [9.17, 15) is 4.79 Å². The molecule has 0 aliphatic carbocycles. The number of ether oxygens (including phenoxy) is 1. The molecule has 1 saturated heterocycles. The number of nitrogens with zero attached hydrogens (tertiary/aromatic N) is 2. The first-order valence-electron chi connectivity index (χ1n) is 8.70. The Morgan fingerprint density at radius 2 is 2.04 bits per heavy atom. The van der Waals surface area contributed by atoms with E-state index in [1.807, 2.05) is 53.4 Å². The summed E-state index contributed by atoms with van der Waals surface area (Å²) in [5.41, 5.74) is 1.67. The number of aromatic nitrogens is 1. The molecular formula is C20H19IN2O3. The van der Waals surface area contributed by atoms with Crippen molar-refractivity contribution in [1.29, 1.82) is 0 Å². The molecule has 0 bridgehead atoms. The van der Waals surface area contributed by atoms with Gasteiger partial charge in [0, 0.05) is 16.7 Å². The zero-order valence-corrected chi connectivity index (χ0v) is 16.4. The van der Waals surface area contributed by atoms with Gasteiger partial charge in [-0.05, 0) is 71.8 Å². The predicted molar refractivity (Wildman–Crippen MR) is 107 cm³/mol. The second kappa shape index (κ2) is 7.65. The lowest BCUT2D eigenvalue weighted by Gasteiger charge is -2.31. The Labute approximate surface area is 165 Å². The van der Waals surface area contributed by atoms with Crippen molar-refractivity contribution in [3.05, 3.63) is 58.0 Å². The second-order valence-electron chi connectivity index (χ2n) is 6.44. The minimum Gasteiger partial charge on any atom is -0.484 e. The molecule has 2 aromatic carbocycles. The number of hydrogen-bond acceptors (Lipinski definition) is 4. The van der Waals surface area contributed by atoms with Gasteiger partial charge in [-0.15, -0.1) is 0 Å². The van der Waals surface area contributed by atoms with Gasteiger partial charge in [-0.1, -0.05) is 12.1 Å². The zero-order chi connectivity index (χ0) is 17.9. The summed E-state index contributed by atoms with van der Waals surface area (Å²) in [5.74, 6) is 1.58. The average Bonchev–Trinajstić information content (AvgIpc) is 3.12. The van der Waals surface area contributed by atoms with Crippen LogP contribution < -0.4 is 4.74 Å². The number of halogens is 1. The third-order valence-corrected chi connectivity index (χ3v) is 5.33. The molecule has 1 unspecified atom stereocenters. The minimum atomic E-state index is 0.00404. The Morgan fingerprint density at radius 3 is 2.85 bits per heavy atom. The van der Waals surface area contributed by atoms with Crippen molar-refractivity contribution in [3.63, 3.8) is 0 Å². The molecular weight excluding hydrogens is 443 g/mol. The second-order valence-corrected chi connectivity index (χ2v) is 7.69. The number of benzene rings is 2. The van der Waals surface area contributed by atoms with E-state index in [-0.39, 0.29) is 18.4 Å². The van der Waals surface area contributed by atoms with Crippen molar-refractivity contribution in [3.8, 4) is 5.75 Å². The van der Waals surface area contributed by atoms with Crippen LogP contribution in [0.15, 0.2) is 52.9 Å². The Bertz CT molecular complexity index is 874. The molecule has 26 heavy (non-hydrogen) atoms. The van der Waals surface area contributed by atoms with Gasteiger partial charge in [-0.3, -0.25) is 4.79 Å². The van der Waals surface area contributed by atoms with Crippen molar-refractivity contribution in [2.45, 2.75) is 18.8 Å². The highest BCUT2D eigenvalue weighted by Crippen LogP contribution is 2.29. The fourth-order valence-electron chi connectivity index (χ4n) is 3.24. The molecule has 5 nitrogen and oxygen atoms in total. The molecule has 0 saturated carbocycles. The van der Waals surface area contributed by atoms with Crippen LogP contribution in [-0.4, -0.2) is 35.5 Å². The summed E-state index contributed by atoms with van der Waals surface area (Å²) in [6.07, 6.45) is 1.92. The number of fused-ring (bicyclic) bond motifs is 1. The first-order valence-corrected chi connectivity index (χ1v) is 9.78. The zero-order valence-electron chi connectivity index (χ0n) is 14.2. The number of oxazole rings is 1. The van der Waals surface area contributed by atoms with Crippen molar-refractivity contribution in [2.24, 2.45) is 0 Å². The molecule has 1 aliphatic rings. The third kappa shape index (κ3) is 3.85. The van der Waals surface area contributed by atoms with Crippen LogP contribution in [0.4, 0.5) is 0 Å². The average molecular weight is 462 g/mol. The molecule has 134 valence electrons. The van der Waals surface area contributed by atoms with Gasteiger partial charge in [0.1, 0.15) is 11.3 Å². The highest BCUT2D eigenvalue weighted by molar-refractivity contribution is 14.1. The molecule has 0 N–H and O–H groups in total. The quantitative estimate of drug-likeness (QED) is 0.545. The maximum absolute atomic E-state index is 12.5. The van der Waals surface area contributed by atoms with E-state index in [2.05, 4.69) is 27.6 Å². The highest BCUT2D eigenvalue weighted by atomic mass is 127. The maximum Gasteiger partial charge on any atom is 0.260 e. The number of carbonyl (C=O) groups is 1. The van der Waals surface area contributed by atoms with Crippen LogP contribution in [0.5, 0.6) is 5.75 Å². The summed E-state index contributed by atoms with van der Waals surface area (Å²) in [5, 5.41) is 0. The molecule has 1 aromatic heterocycles. The Balaban J connectivity index is 1.39.